The monoisotopic (exact) mass is 411 g/mol. The molecule has 0 spiro atoms. The lowest BCUT2D eigenvalue weighted by molar-refractivity contribution is 0.391. The molecule has 1 aliphatic heterocycles. The van der Waals surface area contributed by atoms with Crippen LogP contribution in [0.15, 0.2) is 49.1 Å². The summed E-state index contributed by atoms with van der Waals surface area (Å²) in [7, 11) is 0. The number of allylic oxidation sites excluding steroid dienone is 4. The topological polar surface area (TPSA) is 3.24 Å². The number of terminal acetylenes is 1. The quantitative estimate of drug-likeness (QED) is 0.457. The molecular formula is C30H37N. The minimum atomic E-state index is 0.143. The second kappa shape index (κ2) is 8.23. The van der Waals surface area contributed by atoms with Crippen LogP contribution in [0.2, 0.25) is 0 Å². The predicted molar refractivity (Wildman–Crippen MR) is 135 cm³/mol. The molecule has 0 radical (unpaired) electrons. The molecule has 1 nitrogen and oxygen atoms in total. The van der Waals surface area contributed by atoms with Gasteiger partial charge in [-0.2, -0.15) is 0 Å². The molecule has 31 heavy (non-hydrogen) atoms. The molecule has 1 saturated heterocycles. The molecule has 0 bridgehead atoms. The second-order valence-corrected chi connectivity index (χ2v) is 10.4. The van der Waals surface area contributed by atoms with Crippen molar-refractivity contribution < 1.29 is 0 Å². The summed E-state index contributed by atoms with van der Waals surface area (Å²) in [6.07, 6.45) is 17.7. The van der Waals surface area contributed by atoms with Crippen molar-refractivity contribution in [3.8, 4) is 12.3 Å². The zero-order valence-electron chi connectivity index (χ0n) is 19.8. The largest absolute Gasteiger partial charge is 0.371 e. The maximum atomic E-state index is 5.68. The van der Waals surface area contributed by atoms with E-state index in [4.69, 9.17) is 6.42 Å². The molecule has 0 amide bonds. The predicted octanol–water partition coefficient (Wildman–Crippen LogP) is 7.36. The van der Waals surface area contributed by atoms with Crippen molar-refractivity contribution in [1.29, 1.82) is 0 Å². The lowest BCUT2D eigenvalue weighted by Crippen LogP contribution is -2.27. The molecule has 4 rings (SSSR count). The van der Waals surface area contributed by atoms with E-state index in [1.54, 1.807) is 0 Å². The van der Waals surface area contributed by atoms with E-state index in [9.17, 15) is 0 Å². The normalized spacial score (nSPS) is 28.1. The van der Waals surface area contributed by atoms with Crippen molar-refractivity contribution in [2.45, 2.75) is 59.3 Å². The van der Waals surface area contributed by atoms with Crippen LogP contribution < -0.4 is 0 Å². The van der Waals surface area contributed by atoms with Crippen LogP contribution in [-0.4, -0.2) is 18.0 Å². The second-order valence-electron chi connectivity index (χ2n) is 10.4. The fourth-order valence-electron chi connectivity index (χ4n) is 5.50. The van der Waals surface area contributed by atoms with Crippen molar-refractivity contribution in [3.05, 3.63) is 71.3 Å². The number of hydrogen-bond acceptors (Lipinski definition) is 1. The van der Waals surface area contributed by atoms with Gasteiger partial charge < -0.3 is 4.90 Å². The molecule has 2 fully saturated rings. The number of hydrogen-bond donors (Lipinski definition) is 0. The molecule has 1 heterocycles. The van der Waals surface area contributed by atoms with E-state index in [0.29, 0.717) is 11.8 Å². The van der Waals surface area contributed by atoms with Gasteiger partial charge in [0, 0.05) is 35.7 Å². The third-order valence-electron chi connectivity index (χ3n) is 7.95. The number of benzene rings is 1. The first kappa shape index (κ1) is 21.8. The van der Waals surface area contributed by atoms with Gasteiger partial charge in [0.1, 0.15) is 0 Å². The van der Waals surface area contributed by atoms with Crippen molar-refractivity contribution in [3.63, 3.8) is 0 Å². The molecule has 1 saturated carbocycles. The Morgan fingerprint density at radius 1 is 1.23 bits per heavy atom. The Hall–Kier alpha value is -2.46. The van der Waals surface area contributed by atoms with Crippen molar-refractivity contribution in [1.82, 2.24) is 4.90 Å². The Balaban J connectivity index is 1.57. The number of aryl methyl sites for hydroxylation is 1. The van der Waals surface area contributed by atoms with E-state index in [0.717, 1.165) is 30.8 Å². The average molecular weight is 412 g/mol. The van der Waals surface area contributed by atoms with Crippen molar-refractivity contribution >= 4 is 11.3 Å². The van der Waals surface area contributed by atoms with Gasteiger partial charge in [-0.25, -0.2) is 0 Å². The lowest BCUT2D eigenvalue weighted by Gasteiger charge is -2.32. The molecule has 1 aromatic carbocycles. The molecule has 3 aliphatic rings. The van der Waals surface area contributed by atoms with Gasteiger partial charge in [0.25, 0.3) is 0 Å². The van der Waals surface area contributed by atoms with Gasteiger partial charge in [-0.05, 0) is 73.3 Å². The summed E-state index contributed by atoms with van der Waals surface area (Å²) in [6, 6.07) is 4.78. The number of nitrogens with zero attached hydrogens (tertiary/aromatic N) is 1. The number of likely N-dealkylation sites (tertiary alicyclic amines) is 1. The SMILES string of the molecule is C#CC1C=CC(C2(C)CCN(C(=C)c3cc(C(=C)C)c(C4CCC4)cc3C)C2)=CC1C. The molecule has 3 unspecified atom stereocenters. The summed E-state index contributed by atoms with van der Waals surface area (Å²) in [5.74, 6) is 4.23. The Morgan fingerprint density at radius 3 is 2.55 bits per heavy atom. The Bertz CT molecular complexity index is 1010. The van der Waals surface area contributed by atoms with Gasteiger partial charge in [0.15, 0.2) is 0 Å². The summed E-state index contributed by atoms with van der Waals surface area (Å²) in [6.45, 7) is 19.9. The molecule has 0 N–H and O–H groups in total. The summed E-state index contributed by atoms with van der Waals surface area (Å²) >= 11 is 0. The average Bonchev–Trinajstić information content (AvgIpc) is 3.09. The summed E-state index contributed by atoms with van der Waals surface area (Å²) in [5, 5.41) is 0. The molecular weight excluding hydrogens is 374 g/mol. The highest BCUT2D eigenvalue weighted by atomic mass is 15.2. The number of rotatable bonds is 5. The van der Waals surface area contributed by atoms with E-state index < -0.39 is 0 Å². The summed E-state index contributed by atoms with van der Waals surface area (Å²) in [5.41, 5.74) is 9.34. The van der Waals surface area contributed by atoms with Gasteiger partial charge in [-0.15, -0.1) is 6.42 Å². The minimum Gasteiger partial charge on any atom is -0.371 e. The van der Waals surface area contributed by atoms with Crippen LogP contribution in [0, 0.1) is 36.5 Å². The van der Waals surface area contributed by atoms with Crippen LogP contribution in [0.4, 0.5) is 0 Å². The highest BCUT2D eigenvalue weighted by Gasteiger charge is 2.38. The Labute approximate surface area is 189 Å². The maximum Gasteiger partial charge on any atom is 0.0443 e. The summed E-state index contributed by atoms with van der Waals surface area (Å²) in [4.78, 5) is 2.49. The van der Waals surface area contributed by atoms with Crippen molar-refractivity contribution in [2.75, 3.05) is 13.1 Å². The molecule has 1 aromatic rings. The first-order valence-electron chi connectivity index (χ1n) is 11.8. The highest BCUT2D eigenvalue weighted by molar-refractivity contribution is 5.74. The Kier molecular flexibility index (Phi) is 5.78. The van der Waals surface area contributed by atoms with Crippen LogP contribution >= 0.6 is 0 Å². The summed E-state index contributed by atoms with van der Waals surface area (Å²) < 4.78 is 0. The van der Waals surface area contributed by atoms with Crippen LogP contribution in [0.25, 0.3) is 11.3 Å². The van der Waals surface area contributed by atoms with Crippen molar-refractivity contribution in [2.24, 2.45) is 17.3 Å². The third-order valence-corrected chi connectivity index (χ3v) is 7.95. The van der Waals surface area contributed by atoms with Crippen LogP contribution in [0.3, 0.4) is 0 Å². The molecule has 1 heteroatoms. The molecule has 0 aromatic heterocycles. The van der Waals surface area contributed by atoms with Gasteiger partial charge in [-0.1, -0.05) is 69.2 Å². The van der Waals surface area contributed by atoms with E-state index in [1.807, 2.05) is 0 Å². The van der Waals surface area contributed by atoms with E-state index in [-0.39, 0.29) is 11.3 Å². The first-order chi connectivity index (χ1) is 14.7. The van der Waals surface area contributed by atoms with E-state index in [2.05, 4.69) is 82.0 Å². The fraction of sp³-hybridized carbons (Fsp3) is 0.467. The van der Waals surface area contributed by atoms with Crippen LogP contribution in [0.5, 0.6) is 0 Å². The molecule has 162 valence electrons. The van der Waals surface area contributed by atoms with E-state index in [1.165, 1.54) is 47.1 Å². The molecule has 3 atom stereocenters. The van der Waals surface area contributed by atoms with Gasteiger partial charge in [-0.3, -0.25) is 0 Å². The smallest absolute Gasteiger partial charge is 0.0443 e. The minimum absolute atomic E-state index is 0.143. The first-order valence-corrected chi connectivity index (χ1v) is 11.8. The van der Waals surface area contributed by atoms with Gasteiger partial charge in [0.05, 0.1) is 0 Å². The van der Waals surface area contributed by atoms with Crippen LogP contribution in [0.1, 0.15) is 74.6 Å². The lowest BCUT2D eigenvalue weighted by atomic mass is 9.75. The maximum absolute atomic E-state index is 5.68. The van der Waals surface area contributed by atoms with E-state index >= 15 is 0 Å². The molecule has 2 aliphatic carbocycles. The Morgan fingerprint density at radius 2 is 1.97 bits per heavy atom. The highest BCUT2D eigenvalue weighted by Crippen LogP contribution is 2.45. The van der Waals surface area contributed by atoms with Gasteiger partial charge in [0.2, 0.25) is 0 Å². The fourth-order valence-corrected chi connectivity index (χ4v) is 5.50. The van der Waals surface area contributed by atoms with Crippen LogP contribution in [-0.2, 0) is 0 Å². The standard InChI is InChI=1S/C30H37N/c1-8-24-12-13-26(16-21(24)4)30(7)14-15-31(19-30)23(6)28-18-27(20(2)3)29(17-22(28)5)25-10-9-11-25/h1,12-13,16-18,21,24-25H,2,6,9-11,14-15,19H2,3-5,7H3. The zero-order chi connectivity index (χ0) is 22.3. The van der Waals surface area contributed by atoms with Gasteiger partial charge >= 0.3 is 0 Å². The third kappa shape index (κ3) is 3.94. The zero-order valence-corrected chi connectivity index (χ0v) is 19.8.